The Balaban J connectivity index is 2.09. The highest BCUT2D eigenvalue weighted by Crippen LogP contribution is 2.33. The minimum Gasteiger partial charge on any atom is -0.490 e. The van der Waals surface area contributed by atoms with Gasteiger partial charge in [-0.15, -0.1) is 0 Å². The lowest BCUT2D eigenvalue weighted by Crippen LogP contribution is -2.45. The van der Waals surface area contributed by atoms with E-state index in [1.54, 1.807) is 0 Å². The minimum atomic E-state index is 0.236. The maximum absolute atomic E-state index is 6.29. The van der Waals surface area contributed by atoms with Crippen molar-refractivity contribution in [2.45, 2.75) is 51.7 Å². The minimum absolute atomic E-state index is 0.236. The second kappa shape index (κ2) is 7.53. The van der Waals surface area contributed by atoms with E-state index in [-0.39, 0.29) is 6.10 Å². The third-order valence-electron chi connectivity index (χ3n) is 4.28. The lowest BCUT2D eigenvalue weighted by molar-refractivity contribution is 0.0848. The molecular weight excluding hydrogens is 250 g/mol. The van der Waals surface area contributed by atoms with Gasteiger partial charge in [0, 0.05) is 6.04 Å². The number of likely N-dealkylation sites (N-methyl/N-ethyl adjacent to an activating group) is 1. The van der Waals surface area contributed by atoms with E-state index in [1.807, 2.05) is 38.2 Å². The van der Waals surface area contributed by atoms with Gasteiger partial charge < -0.3 is 14.8 Å². The summed E-state index contributed by atoms with van der Waals surface area (Å²) < 4.78 is 11.9. The van der Waals surface area contributed by atoms with Gasteiger partial charge in [0.1, 0.15) is 6.10 Å². The molecule has 0 heterocycles. The van der Waals surface area contributed by atoms with E-state index >= 15 is 0 Å². The normalized spacial score (nSPS) is 26.2. The van der Waals surface area contributed by atoms with Crippen LogP contribution in [0, 0.1) is 5.92 Å². The molecule has 1 fully saturated rings. The summed E-state index contributed by atoms with van der Waals surface area (Å²) >= 11 is 0. The van der Waals surface area contributed by atoms with Crippen LogP contribution in [-0.4, -0.2) is 25.8 Å². The monoisotopic (exact) mass is 277 g/mol. The van der Waals surface area contributed by atoms with E-state index in [9.17, 15) is 0 Å². The van der Waals surface area contributed by atoms with Gasteiger partial charge in [0.2, 0.25) is 0 Å². The van der Waals surface area contributed by atoms with Gasteiger partial charge in [0.15, 0.2) is 11.5 Å². The van der Waals surface area contributed by atoms with Crippen LogP contribution in [0.25, 0.3) is 0 Å². The summed E-state index contributed by atoms with van der Waals surface area (Å²) in [6.07, 6.45) is 5.09. The molecule has 3 unspecified atom stereocenters. The van der Waals surface area contributed by atoms with Crippen molar-refractivity contribution in [2.75, 3.05) is 13.7 Å². The van der Waals surface area contributed by atoms with E-state index < -0.39 is 0 Å². The molecule has 1 aliphatic carbocycles. The van der Waals surface area contributed by atoms with Crippen molar-refractivity contribution >= 4 is 0 Å². The maximum atomic E-state index is 6.29. The summed E-state index contributed by atoms with van der Waals surface area (Å²) in [6, 6.07) is 8.42. The Morgan fingerprint density at radius 1 is 1.15 bits per heavy atom. The highest BCUT2D eigenvalue weighted by atomic mass is 16.5. The summed E-state index contributed by atoms with van der Waals surface area (Å²) in [4.78, 5) is 0. The molecule has 0 radical (unpaired) electrons. The smallest absolute Gasteiger partial charge is 0.161 e. The molecule has 0 spiro atoms. The number of para-hydroxylation sites is 2. The number of hydrogen-bond donors (Lipinski definition) is 1. The predicted octanol–water partition coefficient (Wildman–Crippen LogP) is 3.63. The Labute approximate surface area is 122 Å². The van der Waals surface area contributed by atoms with Gasteiger partial charge in [0.25, 0.3) is 0 Å². The average Bonchev–Trinajstić information content (AvgIpc) is 2.49. The first-order chi connectivity index (χ1) is 9.78. The molecule has 1 saturated carbocycles. The van der Waals surface area contributed by atoms with Gasteiger partial charge >= 0.3 is 0 Å². The molecule has 1 aromatic rings. The zero-order chi connectivity index (χ0) is 14.4. The second-order valence-electron chi connectivity index (χ2n) is 5.52. The standard InChI is InChI=1S/C17H27NO2/c1-4-13-10-11-14(18-3)17(12-13)20-16-9-7-6-8-15(16)19-5-2/h6-9,13-14,17-18H,4-5,10-12H2,1-3H3. The fourth-order valence-corrected chi connectivity index (χ4v) is 3.03. The first kappa shape index (κ1) is 15.2. The SMILES string of the molecule is CCOc1ccccc1OC1CC(CC)CCC1NC. The van der Waals surface area contributed by atoms with Crippen molar-refractivity contribution in [1.29, 1.82) is 0 Å². The molecule has 0 saturated heterocycles. The molecule has 3 atom stereocenters. The molecular formula is C17H27NO2. The summed E-state index contributed by atoms with van der Waals surface area (Å²) in [7, 11) is 2.03. The zero-order valence-corrected chi connectivity index (χ0v) is 12.9. The first-order valence-corrected chi connectivity index (χ1v) is 7.84. The molecule has 112 valence electrons. The topological polar surface area (TPSA) is 30.5 Å². The summed E-state index contributed by atoms with van der Waals surface area (Å²) in [5, 5.41) is 3.40. The fraction of sp³-hybridized carbons (Fsp3) is 0.647. The van der Waals surface area contributed by atoms with Crippen molar-refractivity contribution in [3.05, 3.63) is 24.3 Å². The van der Waals surface area contributed by atoms with Crippen LogP contribution in [0.4, 0.5) is 0 Å². The number of hydrogen-bond acceptors (Lipinski definition) is 3. The van der Waals surface area contributed by atoms with E-state index in [2.05, 4.69) is 12.2 Å². The fourth-order valence-electron chi connectivity index (χ4n) is 3.03. The maximum Gasteiger partial charge on any atom is 0.161 e. The largest absolute Gasteiger partial charge is 0.490 e. The van der Waals surface area contributed by atoms with Crippen LogP contribution in [0.15, 0.2) is 24.3 Å². The predicted molar refractivity (Wildman–Crippen MR) is 82.5 cm³/mol. The van der Waals surface area contributed by atoms with E-state index in [4.69, 9.17) is 9.47 Å². The van der Waals surface area contributed by atoms with Crippen molar-refractivity contribution < 1.29 is 9.47 Å². The van der Waals surface area contributed by atoms with Crippen LogP contribution in [0.1, 0.15) is 39.5 Å². The van der Waals surface area contributed by atoms with E-state index in [1.165, 1.54) is 19.3 Å². The van der Waals surface area contributed by atoms with Crippen LogP contribution < -0.4 is 14.8 Å². The first-order valence-electron chi connectivity index (χ1n) is 7.84. The lowest BCUT2D eigenvalue weighted by Gasteiger charge is -2.36. The highest BCUT2D eigenvalue weighted by molar-refractivity contribution is 5.39. The quantitative estimate of drug-likeness (QED) is 0.861. The molecule has 3 heteroatoms. The highest BCUT2D eigenvalue weighted by Gasteiger charge is 2.30. The Morgan fingerprint density at radius 2 is 1.90 bits per heavy atom. The van der Waals surface area contributed by atoms with Crippen molar-refractivity contribution in [3.63, 3.8) is 0 Å². The van der Waals surface area contributed by atoms with E-state index in [0.29, 0.717) is 12.6 Å². The number of ether oxygens (including phenoxy) is 2. The van der Waals surface area contributed by atoms with Crippen LogP contribution in [0.5, 0.6) is 11.5 Å². The van der Waals surface area contributed by atoms with Crippen LogP contribution in [-0.2, 0) is 0 Å². The Hall–Kier alpha value is -1.22. The van der Waals surface area contributed by atoms with Gasteiger partial charge in [-0.1, -0.05) is 25.5 Å². The summed E-state index contributed by atoms with van der Waals surface area (Å²) in [6.45, 7) is 4.94. The van der Waals surface area contributed by atoms with Gasteiger partial charge in [-0.05, 0) is 51.3 Å². The van der Waals surface area contributed by atoms with Gasteiger partial charge in [-0.3, -0.25) is 0 Å². The molecule has 2 rings (SSSR count). The number of benzene rings is 1. The van der Waals surface area contributed by atoms with Crippen molar-refractivity contribution in [1.82, 2.24) is 5.32 Å². The molecule has 3 nitrogen and oxygen atoms in total. The molecule has 0 bridgehead atoms. The third kappa shape index (κ3) is 3.66. The van der Waals surface area contributed by atoms with Crippen LogP contribution >= 0.6 is 0 Å². The average molecular weight is 277 g/mol. The molecule has 0 aliphatic heterocycles. The molecule has 0 amide bonds. The Bertz CT molecular complexity index is 408. The molecule has 0 aromatic heterocycles. The van der Waals surface area contributed by atoms with Gasteiger partial charge in [-0.2, -0.15) is 0 Å². The second-order valence-corrected chi connectivity index (χ2v) is 5.52. The number of rotatable bonds is 6. The Kier molecular flexibility index (Phi) is 5.72. The third-order valence-corrected chi connectivity index (χ3v) is 4.28. The van der Waals surface area contributed by atoms with Crippen molar-refractivity contribution in [3.8, 4) is 11.5 Å². The van der Waals surface area contributed by atoms with Crippen LogP contribution in [0.3, 0.4) is 0 Å². The zero-order valence-electron chi connectivity index (χ0n) is 12.9. The summed E-state index contributed by atoms with van der Waals surface area (Å²) in [5.41, 5.74) is 0. The van der Waals surface area contributed by atoms with Crippen molar-refractivity contribution in [2.24, 2.45) is 5.92 Å². The van der Waals surface area contributed by atoms with E-state index in [0.717, 1.165) is 23.8 Å². The molecule has 1 aliphatic rings. The molecule has 1 N–H and O–H groups in total. The lowest BCUT2D eigenvalue weighted by atomic mass is 9.82. The van der Waals surface area contributed by atoms with Gasteiger partial charge in [-0.25, -0.2) is 0 Å². The molecule has 20 heavy (non-hydrogen) atoms. The van der Waals surface area contributed by atoms with Gasteiger partial charge in [0.05, 0.1) is 6.61 Å². The summed E-state index contributed by atoms with van der Waals surface area (Å²) in [5.74, 6) is 2.50. The molecule has 1 aromatic carbocycles. The Morgan fingerprint density at radius 3 is 2.55 bits per heavy atom. The van der Waals surface area contributed by atoms with Crippen LogP contribution in [0.2, 0.25) is 0 Å². The number of nitrogens with one attached hydrogen (secondary N) is 1.